The Labute approximate surface area is 144 Å². The number of aromatic nitrogens is 2. The zero-order valence-corrected chi connectivity index (χ0v) is 13.4. The van der Waals surface area contributed by atoms with E-state index in [0.717, 1.165) is 11.1 Å². The summed E-state index contributed by atoms with van der Waals surface area (Å²) in [6.07, 6.45) is 1.56. The van der Waals surface area contributed by atoms with Gasteiger partial charge < -0.3 is 15.7 Å². The third-order valence-electron chi connectivity index (χ3n) is 4.32. The number of rotatable bonds is 2. The first-order chi connectivity index (χ1) is 12.1. The summed E-state index contributed by atoms with van der Waals surface area (Å²) in [5, 5.41) is 10.2. The molecule has 1 aromatic heterocycles. The molecule has 0 fully saturated rings. The Bertz CT molecular complexity index is 946. The monoisotopic (exact) mass is 332 g/mol. The molecule has 0 bridgehead atoms. The summed E-state index contributed by atoms with van der Waals surface area (Å²) < 4.78 is 0. The molecule has 0 saturated heterocycles. The Kier molecular flexibility index (Phi) is 3.57. The van der Waals surface area contributed by atoms with Crippen molar-refractivity contribution in [3.63, 3.8) is 0 Å². The van der Waals surface area contributed by atoms with Gasteiger partial charge in [-0.2, -0.15) is 0 Å². The lowest BCUT2D eigenvalue weighted by Crippen LogP contribution is -2.25. The lowest BCUT2D eigenvalue weighted by atomic mass is 10.1. The van der Waals surface area contributed by atoms with E-state index >= 15 is 0 Å². The van der Waals surface area contributed by atoms with Gasteiger partial charge in [-0.05, 0) is 35.4 Å². The van der Waals surface area contributed by atoms with Crippen molar-refractivity contribution in [3.05, 3.63) is 71.4 Å². The first kappa shape index (κ1) is 15.1. The van der Waals surface area contributed by atoms with Gasteiger partial charge in [0, 0.05) is 24.8 Å². The highest BCUT2D eigenvalue weighted by Gasteiger charge is 2.26. The molecular formula is C19H16N4O2. The fourth-order valence-corrected chi connectivity index (χ4v) is 3.05. The average Bonchev–Trinajstić information content (AvgIpc) is 3.06. The second-order valence-electron chi connectivity index (χ2n) is 5.96. The van der Waals surface area contributed by atoms with E-state index in [-0.39, 0.29) is 23.2 Å². The maximum atomic E-state index is 12.9. The van der Waals surface area contributed by atoms with Crippen LogP contribution in [0.3, 0.4) is 0 Å². The Morgan fingerprint density at radius 3 is 2.48 bits per heavy atom. The number of benzene rings is 2. The van der Waals surface area contributed by atoms with E-state index in [1.807, 2.05) is 24.3 Å². The van der Waals surface area contributed by atoms with Crippen LogP contribution >= 0.6 is 0 Å². The highest BCUT2D eigenvalue weighted by molar-refractivity contribution is 5.98. The summed E-state index contributed by atoms with van der Waals surface area (Å²) in [7, 11) is 0. The fourth-order valence-electron chi connectivity index (χ4n) is 3.05. The van der Waals surface area contributed by atoms with Crippen molar-refractivity contribution in [2.45, 2.75) is 13.1 Å². The van der Waals surface area contributed by atoms with E-state index in [0.29, 0.717) is 24.3 Å². The highest BCUT2D eigenvalue weighted by atomic mass is 16.3. The summed E-state index contributed by atoms with van der Waals surface area (Å²) in [6.45, 7) is 1.08. The van der Waals surface area contributed by atoms with Gasteiger partial charge in [-0.15, -0.1) is 0 Å². The minimum absolute atomic E-state index is 0.0493. The standard InChI is InChI=1S/C19H16N4O2/c20-19-21-8-7-16(22-19)12-5-6-17(24)15(9-12)18(25)23-10-13-3-1-2-4-14(13)11-23/h1-9,24H,10-11H2,(H2,20,21,22). The van der Waals surface area contributed by atoms with Crippen molar-refractivity contribution in [1.29, 1.82) is 0 Å². The Morgan fingerprint density at radius 1 is 1.08 bits per heavy atom. The topological polar surface area (TPSA) is 92.3 Å². The molecule has 1 amide bonds. The van der Waals surface area contributed by atoms with Crippen molar-refractivity contribution >= 4 is 11.9 Å². The van der Waals surface area contributed by atoms with Crippen molar-refractivity contribution in [2.75, 3.05) is 5.73 Å². The second kappa shape index (κ2) is 5.90. The molecule has 4 rings (SSSR count). The molecule has 1 aliphatic heterocycles. The number of aromatic hydroxyl groups is 1. The molecule has 2 heterocycles. The number of carbonyl (C=O) groups is 1. The van der Waals surface area contributed by atoms with Crippen LogP contribution in [-0.4, -0.2) is 25.9 Å². The first-order valence-electron chi connectivity index (χ1n) is 7.90. The minimum atomic E-state index is -0.211. The number of hydrogen-bond donors (Lipinski definition) is 2. The highest BCUT2D eigenvalue weighted by Crippen LogP contribution is 2.29. The lowest BCUT2D eigenvalue weighted by molar-refractivity contribution is 0.0748. The molecule has 124 valence electrons. The number of anilines is 1. The third kappa shape index (κ3) is 2.78. The van der Waals surface area contributed by atoms with Crippen LogP contribution in [0, 0.1) is 0 Å². The number of amides is 1. The van der Waals surface area contributed by atoms with Gasteiger partial charge in [0.2, 0.25) is 5.95 Å². The van der Waals surface area contributed by atoms with Crippen LogP contribution in [0.5, 0.6) is 5.75 Å². The van der Waals surface area contributed by atoms with Crippen LogP contribution in [0.25, 0.3) is 11.3 Å². The van der Waals surface area contributed by atoms with Gasteiger partial charge in [0.25, 0.3) is 5.91 Å². The smallest absolute Gasteiger partial charge is 0.258 e. The van der Waals surface area contributed by atoms with Crippen LogP contribution in [0.1, 0.15) is 21.5 Å². The van der Waals surface area contributed by atoms with Gasteiger partial charge >= 0.3 is 0 Å². The first-order valence-corrected chi connectivity index (χ1v) is 7.90. The van der Waals surface area contributed by atoms with Crippen molar-refractivity contribution in [2.24, 2.45) is 0 Å². The quantitative estimate of drug-likeness (QED) is 0.752. The molecule has 2 aromatic carbocycles. The molecule has 25 heavy (non-hydrogen) atoms. The van der Waals surface area contributed by atoms with E-state index in [4.69, 9.17) is 5.73 Å². The van der Waals surface area contributed by atoms with E-state index in [1.165, 1.54) is 6.07 Å². The normalized spacial score (nSPS) is 12.9. The van der Waals surface area contributed by atoms with Crippen LogP contribution in [-0.2, 0) is 13.1 Å². The number of hydrogen-bond acceptors (Lipinski definition) is 5. The number of fused-ring (bicyclic) bond motifs is 1. The van der Waals surface area contributed by atoms with Crippen molar-refractivity contribution in [1.82, 2.24) is 14.9 Å². The summed E-state index contributed by atoms with van der Waals surface area (Å²) in [5.41, 5.74) is 9.45. The molecule has 0 spiro atoms. The third-order valence-corrected chi connectivity index (χ3v) is 4.32. The average molecular weight is 332 g/mol. The Balaban J connectivity index is 1.66. The molecule has 0 atom stereocenters. The SMILES string of the molecule is Nc1nccc(-c2ccc(O)c(C(=O)N3Cc4ccccc4C3)c2)n1. The number of nitrogens with two attached hydrogens (primary N) is 1. The number of phenols is 1. The van der Waals surface area contributed by atoms with Gasteiger partial charge in [0.05, 0.1) is 11.3 Å². The van der Waals surface area contributed by atoms with Crippen molar-refractivity contribution < 1.29 is 9.90 Å². The van der Waals surface area contributed by atoms with E-state index in [2.05, 4.69) is 9.97 Å². The van der Waals surface area contributed by atoms with Crippen LogP contribution in [0.4, 0.5) is 5.95 Å². The molecule has 0 radical (unpaired) electrons. The van der Waals surface area contributed by atoms with Crippen LogP contribution in [0.2, 0.25) is 0 Å². The zero-order chi connectivity index (χ0) is 17.4. The molecule has 1 aliphatic rings. The molecule has 0 unspecified atom stereocenters. The second-order valence-corrected chi connectivity index (χ2v) is 5.96. The van der Waals surface area contributed by atoms with Gasteiger partial charge in [0.15, 0.2) is 0 Å². The predicted octanol–water partition coefficient (Wildman–Crippen LogP) is 2.59. The van der Waals surface area contributed by atoms with Gasteiger partial charge in [0.1, 0.15) is 5.75 Å². The minimum Gasteiger partial charge on any atom is -0.507 e. The van der Waals surface area contributed by atoms with Crippen molar-refractivity contribution in [3.8, 4) is 17.0 Å². The summed E-state index contributed by atoms with van der Waals surface area (Å²) in [6, 6.07) is 14.5. The number of nitrogens with zero attached hydrogens (tertiary/aromatic N) is 3. The summed E-state index contributed by atoms with van der Waals surface area (Å²) in [4.78, 5) is 22.6. The molecular weight excluding hydrogens is 316 g/mol. The van der Waals surface area contributed by atoms with Gasteiger partial charge in [-0.25, -0.2) is 9.97 Å². The lowest BCUT2D eigenvalue weighted by Gasteiger charge is -2.17. The number of carbonyl (C=O) groups excluding carboxylic acids is 1. The van der Waals surface area contributed by atoms with Crippen LogP contribution < -0.4 is 5.73 Å². The largest absolute Gasteiger partial charge is 0.507 e. The zero-order valence-electron chi connectivity index (χ0n) is 13.4. The Morgan fingerprint density at radius 2 is 1.80 bits per heavy atom. The Hall–Kier alpha value is -3.41. The maximum Gasteiger partial charge on any atom is 0.258 e. The van der Waals surface area contributed by atoms with Crippen LogP contribution in [0.15, 0.2) is 54.7 Å². The molecule has 0 aliphatic carbocycles. The molecule has 3 aromatic rings. The fraction of sp³-hybridized carbons (Fsp3) is 0.105. The van der Waals surface area contributed by atoms with Gasteiger partial charge in [-0.3, -0.25) is 4.79 Å². The predicted molar refractivity (Wildman–Crippen MR) is 93.6 cm³/mol. The molecule has 6 heteroatoms. The summed E-state index contributed by atoms with van der Waals surface area (Å²) in [5.74, 6) is -0.0993. The number of nitrogen functional groups attached to an aromatic ring is 1. The van der Waals surface area contributed by atoms with E-state index in [9.17, 15) is 9.90 Å². The summed E-state index contributed by atoms with van der Waals surface area (Å²) >= 11 is 0. The number of phenolic OH excluding ortho intramolecular Hbond substituents is 1. The maximum absolute atomic E-state index is 12.9. The van der Waals surface area contributed by atoms with Gasteiger partial charge in [-0.1, -0.05) is 24.3 Å². The van der Waals surface area contributed by atoms with E-state index in [1.54, 1.807) is 29.3 Å². The molecule has 3 N–H and O–H groups in total. The molecule has 6 nitrogen and oxygen atoms in total. The van der Waals surface area contributed by atoms with E-state index < -0.39 is 0 Å². The molecule has 0 saturated carbocycles.